The molecule has 2 amide bonds. The molecule has 6 heteroatoms. The van der Waals surface area contributed by atoms with E-state index in [1.54, 1.807) is 26.4 Å². The first kappa shape index (κ1) is 13.0. The van der Waals surface area contributed by atoms with Crippen LogP contribution in [0.2, 0.25) is 0 Å². The van der Waals surface area contributed by atoms with Gasteiger partial charge in [0.15, 0.2) is 0 Å². The zero-order valence-electron chi connectivity index (χ0n) is 10.8. The van der Waals surface area contributed by atoms with Crippen molar-refractivity contribution < 1.29 is 14.3 Å². The second-order valence-electron chi connectivity index (χ2n) is 4.15. The van der Waals surface area contributed by atoms with Gasteiger partial charge in [-0.3, -0.25) is 0 Å². The molecule has 1 aromatic carbocycles. The van der Waals surface area contributed by atoms with E-state index in [1.807, 2.05) is 12.1 Å². The van der Waals surface area contributed by atoms with Crippen LogP contribution >= 0.6 is 0 Å². The Morgan fingerprint density at radius 2 is 2.26 bits per heavy atom. The molecule has 0 bridgehead atoms. The highest BCUT2D eigenvalue weighted by molar-refractivity contribution is 5.77. The molecule has 1 atom stereocenters. The maximum absolute atomic E-state index is 11.7. The van der Waals surface area contributed by atoms with Crippen LogP contribution < -0.4 is 14.8 Å². The number of benzene rings is 1. The number of hydrogen-bond donors (Lipinski definition) is 1. The molecule has 100 valence electrons. The molecule has 2 rings (SSSR count). The molecule has 1 aliphatic rings. The highest BCUT2D eigenvalue weighted by atomic mass is 16.5. The van der Waals surface area contributed by atoms with E-state index < -0.39 is 0 Å². The lowest BCUT2D eigenvalue weighted by Gasteiger charge is -2.15. The number of nitrogens with zero attached hydrogens (tertiary/aromatic N) is 2. The number of rotatable bonds is 4. The van der Waals surface area contributed by atoms with Gasteiger partial charge in [0.05, 0.1) is 26.3 Å². The average Bonchev–Trinajstić information content (AvgIpc) is 2.80. The monoisotopic (exact) mass is 261 g/mol. The Bertz CT molecular complexity index is 524. The van der Waals surface area contributed by atoms with Crippen LogP contribution in [-0.2, 0) is 0 Å². The van der Waals surface area contributed by atoms with E-state index in [1.165, 1.54) is 4.90 Å². The minimum atomic E-state index is -0.239. The number of carbonyl (C=O) groups excluding carboxylic acids is 1. The van der Waals surface area contributed by atoms with Gasteiger partial charge in [0.1, 0.15) is 18.0 Å². The third-order valence-electron chi connectivity index (χ3n) is 3.06. The molecule has 0 saturated carbocycles. The molecule has 1 unspecified atom stereocenters. The molecule has 0 spiro atoms. The molecule has 1 heterocycles. The molecule has 1 N–H and O–H groups in total. The van der Waals surface area contributed by atoms with Crippen molar-refractivity contribution in [3.05, 3.63) is 23.8 Å². The van der Waals surface area contributed by atoms with Gasteiger partial charge in [-0.05, 0) is 18.2 Å². The van der Waals surface area contributed by atoms with Crippen LogP contribution in [0.25, 0.3) is 0 Å². The second-order valence-corrected chi connectivity index (χ2v) is 4.15. The van der Waals surface area contributed by atoms with Crippen molar-refractivity contribution in [3.63, 3.8) is 0 Å². The fourth-order valence-electron chi connectivity index (χ4n) is 2.10. The van der Waals surface area contributed by atoms with E-state index in [0.717, 1.165) is 5.56 Å². The molecular weight excluding hydrogens is 246 g/mol. The van der Waals surface area contributed by atoms with E-state index in [0.29, 0.717) is 18.0 Å². The standard InChI is InChI=1S/C13H15N3O3/c1-18-9-3-4-12(19-2)10(7-9)11-8-16(6-5-14)13(17)15-11/h3-4,7,11H,6,8H2,1-2H3,(H,15,17). The molecule has 1 aromatic rings. The van der Waals surface area contributed by atoms with Crippen molar-refractivity contribution in [2.24, 2.45) is 0 Å². The maximum atomic E-state index is 11.7. The third kappa shape index (κ3) is 2.55. The molecule has 19 heavy (non-hydrogen) atoms. The van der Waals surface area contributed by atoms with E-state index in [2.05, 4.69) is 5.32 Å². The van der Waals surface area contributed by atoms with Gasteiger partial charge in [0.25, 0.3) is 0 Å². The fraction of sp³-hybridized carbons (Fsp3) is 0.385. The van der Waals surface area contributed by atoms with Crippen molar-refractivity contribution in [3.8, 4) is 17.6 Å². The van der Waals surface area contributed by atoms with Crippen molar-refractivity contribution in [2.75, 3.05) is 27.3 Å². The molecule has 0 aliphatic carbocycles. The number of nitrogens with one attached hydrogen (secondary N) is 1. The van der Waals surface area contributed by atoms with E-state index in [4.69, 9.17) is 14.7 Å². The Morgan fingerprint density at radius 1 is 1.47 bits per heavy atom. The number of carbonyl (C=O) groups is 1. The van der Waals surface area contributed by atoms with Gasteiger partial charge < -0.3 is 19.7 Å². The van der Waals surface area contributed by atoms with Crippen molar-refractivity contribution in [1.29, 1.82) is 5.26 Å². The summed E-state index contributed by atoms with van der Waals surface area (Å²) in [5, 5.41) is 11.5. The van der Waals surface area contributed by atoms with Crippen LogP contribution in [0.5, 0.6) is 11.5 Å². The molecule has 0 aromatic heterocycles. The summed E-state index contributed by atoms with van der Waals surface area (Å²) in [5.74, 6) is 1.38. The Balaban J connectivity index is 2.27. The van der Waals surface area contributed by atoms with Crippen LogP contribution in [0, 0.1) is 11.3 Å². The SMILES string of the molecule is COc1ccc(OC)c(C2CN(CC#N)C(=O)N2)c1. The summed E-state index contributed by atoms with van der Waals surface area (Å²) in [6, 6.07) is 6.96. The Labute approximate surface area is 111 Å². The Hall–Kier alpha value is -2.42. The van der Waals surface area contributed by atoms with Gasteiger partial charge in [-0.15, -0.1) is 0 Å². The number of amides is 2. The number of ether oxygens (including phenoxy) is 2. The van der Waals surface area contributed by atoms with Crippen LogP contribution in [0.4, 0.5) is 4.79 Å². The molecule has 1 fully saturated rings. The number of hydrogen-bond acceptors (Lipinski definition) is 4. The van der Waals surface area contributed by atoms with Crippen LogP contribution in [0.3, 0.4) is 0 Å². The highest BCUT2D eigenvalue weighted by Gasteiger charge is 2.31. The van der Waals surface area contributed by atoms with Gasteiger partial charge in [-0.2, -0.15) is 5.26 Å². The van der Waals surface area contributed by atoms with E-state index in [9.17, 15) is 4.79 Å². The van der Waals surface area contributed by atoms with Crippen molar-refractivity contribution >= 4 is 6.03 Å². The highest BCUT2D eigenvalue weighted by Crippen LogP contribution is 2.31. The van der Waals surface area contributed by atoms with Crippen molar-refractivity contribution in [1.82, 2.24) is 10.2 Å². The summed E-state index contributed by atoms with van der Waals surface area (Å²) < 4.78 is 10.5. The lowest BCUT2D eigenvalue weighted by molar-refractivity contribution is 0.222. The number of urea groups is 1. The fourth-order valence-corrected chi connectivity index (χ4v) is 2.10. The molecule has 6 nitrogen and oxygen atoms in total. The predicted octanol–water partition coefficient (Wildman–Crippen LogP) is 1.29. The second kappa shape index (κ2) is 5.48. The molecule has 1 aliphatic heterocycles. The summed E-state index contributed by atoms with van der Waals surface area (Å²) in [7, 11) is 3.16. The maximum Gasteiger partial charge on any atom is 0.318 e. The van der Waals surface area contributed by atoms with Crippen LogP contribution in [-0.4, -0.2) is 38.2 Å². The zero-order valence-corrected chi connectivity index (χ0v) is 10.8. The summed E-state index contributed by atoms with van der Waals surface area (Å²) in [5.41, 5.74) is 0.843. The summed E-state index contributed by atoms with van der Waals surface area (Å²) in [6.45, 7) is 0.518. The van der Waals surface area contributed by atoms with Crippen LogP contribution in [0.1, 0.15) is 11.6 Å². The Morgan fingerprint density at radius 3 is 2.89 bits per heavy atom. The summed E-state index contributed by atoms with van der Waals surface area (Å²) in [6.07, 6.45) is 0. The van der Waals surface area contributed by atoms with Gasteiger partial charge in [0, 0.05) is 12.1 Å². The largest absolute Gasteiger partial charge is 0.497 e. The molecule has 1 saturated heterocycles. The van der Waals surface area contributed by atoms with E-state index in [-0.39, 0.29) is 18.6 Å². The van der Waals surface area contributed by atoms with Gasteiger partial charge in [-0.25, -0.2) is 4.79 Å². The minimum absolute atomic E-state index is 0.0780. The molecular formula is C13H15N3O3. The smallest absolute Gasteiger partial charge is 0.318 e. The number of nitriles is 1. The topological polar surface area (TPSA) is 74.6 Å². The normalized spacial score (nSPS) is 17.8. The summed E-state index contributed by atoms with van der Waals surface area (Å²) in [4.78, 5) is 13.2. The predicted molar refractivity (Wildman–Crippen MR) is 68.0 cm³/mol. The first-order valence-corrected chi connectivity index (χ1v) is 5.84. The van der Waals surface area contributed by atoms with Gasteiger partial charge >= 0.3 is 6.03 Å². The first-order valence-electron chi connectivity index (χ1n) is 5.84. The van der Waals surface area contributed by atoms with E-state index >= 15 is 0 Å². The lowest BCUT2D eigenvalue weighted by Crippen LogP contribution is -2.28. The number of methoxy groups -OCH3 is 2. The van der Waals surface area contributed by atoms with Crippen molar-refractivity contribution in [2.45, 2.75) is 6.04 Å². The minimum Gasteiger partial charge on any atom is -0.497 e. The zero-order chi connectivity index (χ0) is 13.8. The van der Waals surface area contributed by atoms with Crippen LogP contribution in [0.15, 0.2) is 18.2 Å². The summed E-state index contributed by atoms with van der Waals surface area (Å²) >= 11 is 0. The van der Waals surface area contributed by atoms with Gasteiger partial charge in [0.2, 0.25) is 0 Å². The molecule has 0 radical (unpaired) electrons. The Kier molecular flexibility index (Phi) is 3.76. The lowest BCUT2D eigenvalue weighted by atomic mass is 10.1. The quantitative estimate of drug-likeness (QED) is 0.829. The third-order valence-corrected chi connectivity index (χ3v) is 3.06. The average molecular weight is 261 g/mol. The van der Waals surface area contributed by atoms with Gasteiger partial charge in [-0.1, -0.05) is 0 Å². The first-order chi connectivity index (χ1) is 9.19.